The van der Waals surface area contributed by atoms with Gasteiger partial charge in [-0.2, -0.15) is 13.2 Å². The van der Waals surface area contributed by atoms with Gasteiger partial charge in [-0.25, -0.2) is 4.39 Å². The maximum Gasteiger partial charge on any atom is 0.419 e. The highest BCUT2D eigenvalue weighted by Crippen LogP contribution is 2.37. The molecule has 0 bridgehead atoms. The van der Waals surface area contributed by atoms with Crippen LogP contribution in [-0.2, 0) is 65.3 Å². The number of benzene rings is 1. The first-order valence-corrected chi connectivity index (χ1v) is 33.2. The lowest BCUT2D eigenvalue weighted by Crippen LogP contribution is -2.64. The van der Waals surface area contributed by atoms with Gasteiger partial charge in [-0.3, -0.25) is 52.7 Å². The first kappa shape index (κ1) is 78.6. The van der Waals surface area contributed by atoms with Crippen LogP contribution < -0.4 is 21.3 Å². The molecule has 22 nitrogen and oxygen atoms in total. The van der Waals surface area contributed by atoms with E-state index in [4.69, 9.17) is 0 Å². The zero-order chi connectivity index (χ0) is 70.1. The summed E-state index contributed by atoms with van der Waals surface area (Å²) in [5.41, 5.74) is -2.98. The Bertz CT molecular complexity index is 2790. The molecule has 8 atom stereocenters. The molecule has 1 heterocycles. The molecular formula is C67H107F4N11O11. The molecule has 11 amide bonds. The number of alkyl halides is 3. The first-order valence-electron chi connectivity index (χ1n) is 33.2. The molecule has 1 aromatic rings. The Morgan fingerprint density at radius 2 is 1.12 bits per heavy atom. The summed E-state index contributed by atoms with van der Waals surface area (Å²) < 4.78 is 55.9. The highest BCUT2D eigenvalue weighted by molar-refractivity contribution is 5.99. The zero-order valence-electron chi connectivity index (χ0n) is 57.9. The van der Waals surface area contributed by atoms with Crippen LogP contribution in [0.25, 0.3) is 0 Å². The lowest BCUT2D eigenvalue weighted by Gasteiger charge is -2.41. The molecule has 524 valence electrons. The van der Waals surface area contributed by atoms with Crippen molar-refractivity contribution in [1.82, 2.24) is 55.6 Å². The third-order valence-electron chi connectivity index (χ3n) is 19.0. The van der Waals surface area contributed by atoms with Gasteiger partial charge < -0.3 is 55.6 Å². The van der Waals surface area contributed by atoms with E-state index in [0.29, 0.717) is 31.4 Å². The SMILES string of the molecule is CC[C@H](C)[C@@H]1NC(=O)[C@H](CC(C)C)N(C)C(=O)C[C@@H](C)N(C)C(=O)[C@H](CC(C)C)NC(=O)C2(CCCC2)N(C)C(=O)[C@H](CC(C)C)NC(=O)[C@H](CCc2ccc(C(F)(F)F)c(F)c2)NC(=O)CN(C)C(=O)[C@H](CC2CCCCC2)N(C)C(=O)CN(C)C(=O)CN(C)C1=O. The Balaban J connectivity index is 1.85. The Morgan fingerprint density at radius 3 is 1.67 bits per heavy atom. The molecule has 1 spiro atoms. The van der Waals surface area contributed by atoms with Gasteiger partial charge in [0.1, 0.15) is 47.6 Å². The number of carbonyl (C=O) groups is 11. The fourth-order valence-electron chi connectivity index (χ4n) is 12.8. The topological polar surface area (TPSA) is 259 Å². The average Bonchev–Trinajstić information content (AvgIpc) is 1.93. The van der Waals surface area contributed by atoms with Gasteiger partial charge in [0.05, 0.1) is 25.2 Å². The van der Waals surface area contributed by atoms with Crippen molar-refractivity contribution in [2.75, 3.05) is 69.0 Å². The van der Waals surface area contributed by atoms with E-state index in [1.54, 1.807) is 27.7 Å². The molecule has 93 heavy (non-hydrogen) atoms. The van der Waals surface area contributed by atoms with Crippen molar-refractivity contribution in [3.8, 4) is 0 Å². The summed E-state index contributed by atoms with van der Waals surface area (Å²) in [4.78, 5) is 169. The first-order chi connectivity index (χ1) is 43.3. The molecule has 0 aromatic heterocycles. The number of amides is 11. The van der Waals surface area contributed by atoms with Gasteiger partial charge in [0.2, 0.25) is 65.0 Å². The fraction of sp³-hybridized carbons (Fsp3) is 0.746. The highest BCUT2D eigenvalue weighted by atomic mass is 19.4. The number of nitrogens with zero attached hydrogens (tertiary/aromatic N) is 7. The Labute approximate surface area is 548 Å². The molecule has 0 unspecified atom stereocenters. The minimum absolute atomic E-state index is 0.00816. The van der Waals surface area contributed by atoms with Crippen molar-refractivity contribution in [3.05, 3.63) is 35.1 Å². The molecule has 4 rings (SSSR count). The molecule has 3 fully saturated rings. The maximum absolute atomic E-state index is 15.1. The van der Waals surface area contributed by atoms with Crippen molar-refractivity contribution in [2.45, 2.75) is 225 Å². The van der Waals surface area contributed by atoms with Crippen molar-refractivity contribution in [1.29, 1.82) is 0 Å². The molecule has 0 radical (unpaired) electrons. The van der Waals surface area contributed by atoms with Crippen molar-refractivity contribution < 1.29 is 70.3 Å². The van der Waals surface area contributed by atoms with E-state index in [2.05, 4.69) is 21.3 Å². The van der Waals surface area contributed by atoms with Gasteiger partial charge in [-0.1, -0.05) is 113 Å². The molecule has 26 heteroatoms. The fourth-order valence-corrected chi connectivity index (χ4v) is 12.8. The number of hydrogen-bond acceptors (Lipinski definition) is 11. The summed E-state index contributed by atoms with van der Waals surface area (Å²) in [5.74, 6) is -9.75. The van der Waals surface area contributed by atoms with Gasteiger partial charge in [0.25, 0.3) is 0 Å². The van der Waals surface area contributed by atoms with Crippen LogP contribution >= 0.6 is 0 Å². The highest BCUT2D eigenvalue weighted by Gasteiger charge is 2.50. The minimum atomic E-state index is -5.00. The van der Waals surface area contributed by atoms with Gasteiger partial charge in [0.15, 0.2) is 0 Å². The minimum Gasteiger partial charge on any atom is -0.343 e. The molecule has 1 saturated heterocycles. The second-order valence-corrected chi connectivity index (χ2v) is 27.9. The molecule has 1 aliphatic heterocycles. The van der Waals surface area contributed by atoms with E-state index in [-0.39, 0.29) is 87.0 Å². The normalized spacial score (nSPS) is 25.3. The molecule has 2 saturated carbocycles. The van der Waals surface area contributed by atoms with Crippen LogP contribution in [0.4, 0.5) is 17.6 Å². The number of rotatable bonds is 13. The number of nitrogens with one attached hydrogen (secondary N) is 4. The van der Waals surface area contributed by atoms with Crippen LogP contribution in [0.15, 0.2) is 18.2 Å². The third-order valence-corrected chi connectivity index (χ3v) is 19.0. The summed E-state index contributed by atoms with van der Waals surface area (Å²) in [6.07, 6.45) is 0.895. The standard InChI is InChI=1S/C67H107F4N11O11/c1-17-43(8)58-64(92)78(12)38-56(85)76(10)39-57(86)81(15)53(36-45-23-19-18-20-24-45)63(91)77(11)37-54(83)72-49(28-26-46-25-27-47(48(68)35-46)67(69,70)71)59(87)73-51(32-41(4)5)62(90)82(16)66(29-21-22-30-66)65(93)74-50(31-40(2)3)61(89)79(13)44(9)34-55(84)80(14)52(33-42(6)7)60(88)75-58/h25,27,35,40-45,49-53,58H,17-24,26,28-34,36-39H2,1-16H3,(H,72,83)(H,73,87)(H,74,93)(H,75,88)/t43-,44+,49-,50-,51-,52-,53-,58-/m0/s1. The smallest absolute Gasteiger partial charge is 0.343 e. The summed E-state index contributed by atoms with van der Waals surface area (Å²) in [6, 6.07) is -5.86. The molecule has 2 aliphatic carbocycles. The molecule has 3 aliphatic rings. The van der Waals surface area contributed by atoms with Crippen LogP contribution in [0.5, 0.6) is 0 Å². The Morgan fingerprint density at radius 1 is 0.570 bits per heavy atom. The van der Waals surface area contributed by atoms with Gasteiger partial charge >= 0.3 is 6.18 Å². The predicted octanol–water partition coefficient (Wildman–Crippen LogP) is 5.92. The van der Waals surface area contributed by atoms with Gasteiger partial charge in [-0.15, -0.1) is 0 Å². The van der Waals surface area contributed by atoms with E-state index < -0.39 is 156 Å². The third kappa shape index (κ3) is 21.8. The maximum atomic E-state index is 15.1. The molecule has 4 N–H and O–H groups in total. The second kappa shape index (κ2) is 35.0. The van der Waals surface area contributed by atoms with Crippen LogP contribution in [-0.4, -0.2) is 216 Å². The quantitative estimate of drug-likeness (QED) is 0.169. The largest absolute Gasteiger partial charge is 0.419 e. The molecular weight excluding hydrogens is 1210 g/mol. The lowest BCUT2D eigenvalue weighted by atomic mass is 9.84. The van der Waals surface area contributed by atoms with E-state index in [9.17, 15) is 60.7 Å². The van der Waals surface area contributed by atoms with Crippen LogP contribution in [0.1, 0.15) is 176 Å². The van der Waals surface area contributed by atoms with Crippen LogP contribution in [0.3, 0.4) is 0 Å². The average molecular weight is 1320 g/mol. The zero-order valence-corrected chi connectivity index (χ0v) is 57.9. The van der Waals surface area contributed by atoms with Crippen LogP contribution in [0.2, 0.25) is 0 Å². The number of halogens is 4. The predicted molar refractivity (Wildman–Crippen MR) is 343 cm³/mol. The van der Waals surface area contributed by atoms with E-state index in [0.717, 1.165) is 52.9 Å². The van der Waals surface area contributed by atoms with Crippen molar-refractivity contribution in [3.63, 3.8) is 0 Å². The van der Waals surface area contributed by atoms with Gasteiger partial charge in [0, 0.05) is 61.8 Å². The van der Waals surface area contributed by atoms with E-state index >= 15 is 9.59 Å². The van der Waals surface area contributed by atoms with Crippen LogP contribution in [0, 0.1) is 35.4 Å². The summed E-state index contributed by atoms with van der Waals surface area (Å²) in [6.45, 7) is 14.7. The Hall–Kier alpha value is -6.89. The van der Waals surface area contributed by atoms with Gasteiger partial charge in [-0.05, 0) is 106 Å². The van der Waals surface area contributed by atoms with E-state index in [1.165, 1.54) is 68.9 Å². The monoisotopic (exact) mass is 1320 g/mol. The molecule has 1 aromatic carbocycles. The number of carbonyl (C=O) groups excluding carboxylic acids is 11. The summed E-state index contributed by atoms with van der Waals surface area (Å²) in [7, 11) is 9.96. The second-order valence-electron chi connectivity index (χ2n) is 27.9. The number of hydrogen-bond donors (Lipinski definition) is 4. The van der Waals surface area contributed by atoms with Crippen molar-refractivity contribution in [2.24, 2.45) is 29.6 Å². The Kier molecular flexibility index (Phi) is 29.6. The van der Waals surface area contributed by atoms with E-state index in [1.807, 2.05) is 34.6 Å². The summed E-state index contributed by atoms with van der Waals surface area (Å²) in [5, 5.41) is 11.3. The number of aryl methyl sites for hydroxylation is 1. The van der Waals surface area contributed by atoms with Crippen molar-refractivity contribution >= 4 is 65.0 Å². The lowest BCUT2D eigenvalue weighted by molar-refractivity contribution is -0.150. The summed E-state index contributed by atoms with van der Waals surface area (Å²) >= 11 is 0. The number of likely N-dealkylation sites (N-methyl/N-ethyl adjacent to an activating group) is 7.